The Kier molecular flexibility index (Phi) is 4.23. The van der Waals surface area contributed by atoms with Gasteiger partial charge in [-0.05, 0) is 31.3 Å². The molecule has 1 aromatic carbocycles. The molecule has 0 saturated heterocycles. The molecule has 0 atom stereocenters. The van der Waals surface area contributed by atoms with E-state index in [2.05, 4.69) is 10.4 Å². The SMILES string of the molecule is CNCc1ccn(Cc2cc(Cl)ccc2OC)n1. The van der Waals surface area contributed by atoms with Crippen molar-refractivity contribution in [3.05, 3.63) is 46.7 Å². The summed E-state index contributed by atoms with van der Waals surface area (Å²) in [4.78, 5) is 0. The van der Waals surface area contributed by atoms with Gasteiger partial charge >= 0.3 is 0 Å². The second-order valence-electron chi connectivity index (χ2n) is 3.99. The van der Waals surface area contributed by atoms with E-state index >= 15 is 0 Å². The van der Waals surface area contributed by atoms with Gasteiger partial charge in [0.1, 0.15) is 5.75 Å². The Morgan fingerprint density at radius 1 is 1.39 bits per heavy atom. The van der Waals surface area contributed by atoms with E-state index in [-0.39, 0.29) is 0 Å². The van der Waals surface area contributed by atoms with Gasteiger partial charge < -0.3 is 10.1 Å². The minimum atomic E-state index is 0.646. The standard InChI is InChI=1S/C13H16ClN3O/c1-15-8-12-5-6-17(16-12)9-10-7-11(14)3-4-13(10)18-2/h3-7,15H,8-9H2,1-2H3. The Labute approximate surface area is 112 Å². The van der Waals surface area contributed by atoms with Crippen molar-refractivity contribution in [2.45, 2.75) is 13.1 Å². The van der Waals surface area contributed by atoms with Crippen LogP contribution >= 0.6 is 11.6 Å². The normalized spacial score (nSPS) is 10.6. The topological polar surface area (TPSA) is 39.1 Å². The molecule has 2 aromatic rings. The Morgan fingerprint density at radius 2 is 2.22 bits per heavy atom. The third kappa shape index (κ3) is 3.03. The second-order valence-corrected chi connectivity index (χ2v) is 4.43. The van der Waals surface area contributed by atoms with Gasteiger partial charge in [0.2, 0.25) is 0 Å². The first kappa shape index (κ1) is 12.9. The molecule has 0 spiro atoms. The van der Waals surface area contributed by atoms with Gasteiger partial charge in [-0.1, -0.05) is 11.6 Å². The van der Waals surface area contributed by atoms with E-state index in [0.29, 0.717) is 11.6 Å². The highest BCUT2D eigenvalue weighted by Gasteiger charge is 2.06. The molecule has 2 rings (SSSR count). The summed E-state index contributed by atoms with van der Waals surface area (Å²) < 4.78 is 7.19. The summed E-state index contributed by atoms with van der Waals surface area (Å²) >= 11 is 6.00. The Hall–Kier alpha value is -1.52. The number of hydrogen-bond donors (Lipinski definition) is 1. The highest BCUT2D eigenvalue weighted by molar-refractivity contribution is 6.30. The number of aromatic nitrogens is 2. The van der Waals surface area contributed by atoms with Crippen molar-refractivity contribution in [1.29, 1.82) is 0 Å². The zero-order valence-electron chi connectivity index (χ0n) is 10.5. The zero-order chi connectivity index (χ0) is 13.0. The predicted molar refractivity (Wildman–Crippen MR) is 72.1 cm³/mol. The number of nitrogens with zero attached hydrogens (tertiary/aromatic N) is 2. The summed E-state index contributed by atoms with van der Waals surface area (Å²) in [6, 6.07) is 7.59. The van der Waals surface area contributed by atoms with Gasteiger partial charge in [0.15, 0.2) is 0 Å². The summed E-state index contributed by atoms with van der Waals surface area (Å²) in [5.41, 5.74) is 2.03. The lowest BCUT2D eigenvalue weighted by Gasteiger charge is -2.09. The number of nitrogens with one attached hydrogen (secondary N) is 1. The maximum Gasteiger partial charge on any atom is 0.124 e. The van der Waals surface area contributed by atoms with Gasteiger partial charge in [0.25, 0.3) is 0 Å². The number of ether oxygens (including phenoxy) is 1. The minimum absolute atomic E-state index is 0.646. The number of rotatable bonds is 5. The van der Waals surface area contributed by atoms with Gasteiger partial charge in [-0.15, -0.1) is 0 Å². The van der Waals surface area contributed by atoms with Gasteiger partial charge in [0.05, 0.1) is 19.3 Å². The molecule has 1 N–H and O–H groups in total. The molecule has 5 heteroatoms. The number of halogens is 1. The Bertz CT molecular complexity index is 525. The Morgan fingerprint density at radius 3 is 2.94 bits per heavy atom. The van der Waals surface area contributed by atoms with E-state index in [1.54, 1.807) is 7.11 Å². The molecule has 0 radical (unpaired) electrons. The molecule has 96 valence electrons. The molecule has 0 unspecified atom stereocenters. The number of benzene rings is 1. The van der Waals surface area contributed by atoms with Crippen LogP contribution in [0.25, 0.3) is 0 Å². The zero-order valence-corrected chi connectivity index (χ0v) is 11.2. The maximum atomic E-state index is 6.00. The molecule has 0 fully saturated rings. The van der Waals surface area contributed by atoms with Crippen molar-refractivity contribution in [3.63, 3.8) is 0 Å². The number of hydrogen-bond acceptors (Lipinski definition) is 3. The van der Waals surface area contributed by atoms with Crippen molar-refractivity contribution < 1.29 is 4.74 Å². The van der Waals surface area contributed by atoms with Gasteiger partial charge in [-0.2, -0.15) is 5.10 Å². The van der Waals surface area contributed by atoms with Crippen molar-refractivity contribution in [1.82, 2.24) is 15.1 Å². The molecular weight excluding hydrogens is 250 g/mol. The quantitative estimate of drug-likeness (QED) is 0.902. The molecule has 0 saturated carbocycles. The molecule has 4 nitrogen and oxygen atoms in total. The number of methoxy groups -OCH3 is 1. The average molecular weight is 266 g/mol. The predicted octanol–water partition coefficient (Wildman–Crippen LogP) is 2.31. The largest absolute Gasteiger partial charge is 0.496 e. The second kappa shape index (κ2) is 5.89. The molecule has 0 bridgehead atoms. The molecule has 0 amide bonds. The van der Waals surface area contributed by atoms with Crippen LogP contribution in [-0.2, 0) is 13.1 Å². The monoisotopic (exact) mass is 265 g/mol. The highest BCUT2D eigenvalue weighted by atomic mass is 35.5. The summed E-state index contributed by atoms with van der Waals surface area (Å²) in [6.45, 7) is 1.41. The van der Waals surface area contributed by atoms with Crippen molar-refractivity contribution in [2.24, 2.45) is 0 Å². The average Bonchev–Trinajstić information content (AvgIpc) is 2.77. The highest BCUT2D eigenvalue weighted by Crippen LogP contribution is 2.23. The van der Waals surface area contributed by atoms with E-state index in [0.717, 1.165) is 23.6 Å². The smallest absolute Gasteiger partial charge is 0.124 e. The van der Waals surface area contributed by atoms with Crippen LogP contribution in [0.1, 0.15) is 11.3 Å². The summed E-state index contributed by atoms with van der Waals surface area (Å²) in [6.07, 6.45) is 1.95. The van der Waals surface area contributed by atoms with E-state index in [1.807, 2.05) is 42.2 Å². The van der Waals surface area contributed by atoms with Crippen molar-refractivity contribution >= 4 is 11.6 Å². The molecule has 0 aliphatic carbocycles. The van der Waals surface area contributed by atoms with Crippen LogP contribution in [0.2, 0.25) is 5.02 Å². The molecule has 0 aliphatic rings. The van der Waals surface area contributed by atoms with E-state index in [1.165, 1.54) is 0 Å². The van der Waals surface area contributed by atoms with Crippen LogP contribution in [0.3, 0.4) is 0 Å². The third-order valence-corrected chi connectivity index (χ3v) is 2.86. The van der Waals surface area contributed by atoms with Crippen LogP contribution in [0, 0.1) is 0 Å². The first-order valence-electron chi connectivity index (χ1n) is 5.72. The fourth-order valence-corrected chi connectivity index (χ4v) is 2.01. The first-order chi connectivity index (χ1) is 8.72. The maximum absolute atomic E-state index is 6.00. The molecule has 0 aliphatic heterocycles. The van der Waals surface area contributed by atoms with Crippen LogP contribution in [-0.4, -0.2) is 23.9 Å². The minimum Gasteiger partial charge on any atom is -0.496 e. The lowest BCUT2D eigenvalue weighted by Crippen LogP contribution is -2.07. The molecular formula is C13H16ClN3O. The summed E-state index contributed by atoms with van der Waals surface area (Å²) in [5, 5.41) is 8.23. The van der Waals surface area contributed by atoms with E-state index in [9.17, 15) is 0 Å². The molecule has 18 heavy (non-hydrogen) atoms. The van der Waals surface area contributed by atoms with E-state index < -0.39 is 0 Å². The Balaban J connectivity index is 2.19. The van der Waals surface area contributed by atoms with Gasteiger partial charge in [-0.3, -0.25) is 4.68 Å². The van der Waals surface area contributed by atoms with E-state index in [4.69, 9.17) is 16.3 Å². The molecule has 1 heterocycles. The van der Waals surface area contributed by atoms with Crippen LogP contribution in [0.4, 0.5) is 0 Å². The third-order valence-electron chi connectivity index (χ3n) is 2.63. The fourth-order valence-electron chi connectivity index (χ4n) is 1.81. The molecule has 1 aromatic heterocycles. The van der Waals surface area contributed by atoms with Crippen molar-refractivity contribution in [2.75, 3.05) is 14.2 Å². The fraction of sp³-hybridized carbons (Fsp3) is 0.308. The first-order valence-corrected chi connectivity index (χ1v) is 6.10. The lowest BCUT2D eigenvalue weighted by atomic mass is 10.2. The van der Waals surface area contributed by atoms with Gasteiger partial charge in [0, 0.05) is 23.3 Å². The van der Waals surface area contributed by atoms with Crippen molar-refractivity contribution in [3.8, 4) is 5.75 Å². The van der Waals surface area contributed by atoms with Crippen LogP contribution in [0.15, 0.2) is 30.5 Å². The lowest BCUT2D eigenvalue weighted by molar-refractivity contribution is 0.407. The van der Waals surface area contributed by atoms with Gasteiger partial charge in [-0.25, -0.2) is 0 Å². The summed E-state index contributed by atoms with van der Waals surface area (Å²) in [7, 11) is 3.56. The van der Waals surface area contributed by atoms with Crippen LogP contribution in [0.5, 0.6) is 5.75 Å². The summed E-state index contributed by atoms with van der Waals surface area (Å²) in [5.74, 6) is 0.824. The van der Waals surface area contributed by atoms with Crippen LogP contribution < -0.4 is 10.1 Å².